The maximum absolute atomic E-state index is 6.46. The monoisotopic (exact) mass is 268 g/mol. The summed E-state index contributed by atoms with van der Waals surface area (Å²) in [4.78, 5) is 2.54. The minimum absolute atomic E-state index is 0.119. The third kappa shape index (κ3) is 3.14. The van der Waals surface area contributed by atoms with Crippen molar-refractivity contribution in [1.29, 1.82) is 0 Å². The van der Waals surface area contributed by atoms with Crippen molar-refractivity contribution in [2.75, 3.05) is 13.6 Å². The first-order valence-corrected chi connectivity index (χ1v) is 7.90. The molecular formula is C16H32N2O. The largest absolute Gasteiger partial charge is 0.368 e. The fraction of sp³-hybridized carbons (Fsp3) is 1.00. The fourth-order valence-corrected chi connectivity index (χ4v) is 4.05. The van der Waals surface area contributed by atoms with Gasteiger partial charge in [0.05, 0.1) is 11.2 Å². The molecule has 0 amide bonds. The normalized spacial score (nSPS) is 34.9. The van der Waals surface area contributed by atoms with E-state index in [1.165, 1.54) is 32.1 Å². The average molecular weight is 268 g/mol. The summed E-state index contributed by atoms with van der Waals surface area (Å²) in [5, 5.41) is 0. The summed E-state index contributed by atoms with van der Waals surface area (Å²) in [5.41, 5.74) is 6.13. The van der Waals surface area contributed by atoms with Crippen molar-refractivity contribution in [3.63, 3.8) is 0 Å². The molecule has 2 aliphatic rings. The molecule has 1 saturated carbocycles. The number of rotatable bonds is 3. The molecule has 3 nitrogen and oxygen atoms in total. The van der Waals surface area contributed by atoms with Gasteiger partial charge in [0, 0.05) is 24.5 Å². The maximum Gasteiger partial charge on any atom is 0.0788 e. The van der Waals surface area contributed by atoms with Gasteiger partial charge in [-0.3, -0.25) is 0 Å². The zero-order valence-electron chi connectivity index (χ0n) is 13.4. The number of nitrogens with zero attached hydrogens (tertiary/aromatic N) is 1. The molecule has 2 atom stereocenters. The standard InChI is InChI=1S/C16H32N2O/c1-15(2)13(14(17)16(3,4)19-15)11-18(5)12-9-7-6-8-10-12/h12-14H,6-11,17H2,1-5H3. The predicted molar refractivity (Wildman–Crippen MR) is 80.2 cm³/mol. The van der Waals surface area contributed by atoms with Crippen molar-refractivity contribution in [2.45, 2.75) is 83.1 Å². The quantitative estimate of drug-likeness (QED) is 0.855. The topological polar surface area (TPSA) is 38.5 Å². The van der Waals surface area contributed by atoms with Gasteiger partial charge in [0.25, 0.3) is 0 Å². The van der Waals surface area contributed by atoms with E-state index in [-0.39, 0.29) is 17.2 Å². The van der Waals surface area contributed by atoms with Crippen LogP contribution in [-0.4, -0.2) is 41.8 Å². The smallest absolute Gasteiger partial charge is 0.0788 e. The van der Waals surface area contributed by atoms with Gasteiger partial charge in [-0.25, -0.2) is 0 Å². The number of nitrogens with two attached hydrogens (primary N) is 1. The molecule has 0 bridgehead atoms. The lowest BCUT2D eigenvalue weighted by Crippen LogP contribution is -2.49. The molecule has 1 heterocycles. The second kappa shape index (κ2) is 5.34. The lowest BCUT2D eigenvalue weighted by Gasteiger charge is -2.37. The summed E-state index contributed by atoms with van der Waals surface area (Å²) < 4.78 is 6.20. The van der Waals surface area contributed by atoms with Crippen LogP contribution in [0.15, 0.2) is 0 Å². The van der Waals surface area contributed by atoms with Crippen LogP contribution in [0.1, 0.15) is 59.8 Å². The van der Waals surface area contributed by atoms with Gasteiger partial charge in [-0.2, -0.15) is 0 Å². The lowest BCUT2D eigenvalue weighted by atomic mass is 9.82. The Morgan fingerprint density at radius 2 is 1.63 bits per heavy atom. The van der Waals surface area contributed by atoms with Crippen LogP contribution in [0.2, 0.25) is 0 Å². The van der Waals surface area contributed by atoms with Crippen LogP contribution < -0.4 is 5.73 Å². The molecule has 112 valence electrons. The molecular weight excluding hydrogens is 236 g/mol. The van der Waals surface area contributed by atoms with Crippen molar-refractivity contribution >= 4 is 0 Å². The van der Waals surface area contributed by atoms with Gasteiger partial charge >= 0.3 is 0 Å². The second-order valence-electron chi connectivity index (χ2n) is 7.67. The molecule has 1 aliphatic heterocycles. The Morgan fingerprint density at radius 1 is 1.05 bits per heavy atom. The summed E-state index contributed by atoms with van der Waals surface area (Å²) in [6.45, 7) is 9.70. The average Bonchev–Trinajstić information content (AvgIpc) is 2.48. The van der Waals surface area contributed by atoms with E-state index < -0.39 is 0 Å². The van der Waals surface area contributed by atoms with Crippen molar-refractivity contribution in [2.24, 2.45) is 11.7 Å². The molecule has 2 unspecified atom stereocenters. The molecule has 3 heteroatoms. The second-order valence-corrected chi connectivity index (χ2v) is 7.67. The van der Waals surface area contributed by atoms with E-state index in [1.807, 2.05) is 0 Å². The van der Waals surface area contributed by atoms with Crippen LogP contribution in [0.4, 0.5) is 0 Å². The molecule has 1 aliphatic carbocycles. The Morgan fingerprint density at radius 3 is 2.11 bits per heavy atom. The Bertz CT molecular complexity index is 308. The Labute approximate surface area is 118 Å². The maximum atomic E-state index is 6.46. The number of hydrogen-bond donors (Lipinski definition) is 1. The van der Waals surface area contributed by atoms with E-state index in [9.17, 15) is 0 Å². The van der Waals surface area contributed by atoms with Crippen LogP contribution >= 0.6 is 0 Å². The summed E-state index contributed by atoms with van der Waals surface area (Å²) in [5.74, 6) is 0.412. The zero-order chi connectivity index (χ0) is 14.3. The summed E-state index contributed by atoms with van der Waals surface area (Å²) >= 11 is 0. The van der Waals surface area contributed by atoms with Gasteiger partial charge in [-0.15, -0.1) is 0 Å². The SMILES string of the molecule is CN(CC1C(N)C(C)(C)OC1(C)C)C1CCCCC1. The molecule has 0 aromatic rings. The molecule has 0 aromatic carbocycles. The molecule has 2 N–H and O–H groups in total. The Balaban J connectivity index is 2.00. The highest BCUT2D eigenvalue weighted by atomic mass is 16.5. The van der Waals surface area contributed by atoms with E-state index in [4.69, 9.17) is 10.5 Å². The Kier molecular flexibility index (Phi) is 4.29. The van der Waals surface area contributed by atoms with Gasteiger partial charge in [0.15, 0.2) is 0 Å². The van der Waals surface area contributed by atoms with Crippen molar-refractivity contribution in [3.05, 3.63) is 0 Å². The third-order valence-electron chi connectivity index (χ3n) is 5.34. The fourth-order valence-electron chi connectivity index (χ4n) is 4.05. The molecule has 1 saturated heterocycles. The van der Waals surface area contributed by atoms with Crippen LogP contribution in [0.3, 0.4) is 0 Å². The van der Waals surface area contributed by atoms with E-state index in [2.05, 4.69) is 39.6 Å². The summed E-state index contributed by atoms with van der Waals surface area (Å²) in [6, 6.07) is 0.869. The van der Waals surface area contributed by atoms with Gasteiger partial charge in [0.2, 0.25) is 0 Å². The third-order valence-corrected chi connectivity index (χ3v) is 5.34. The van der Waals surface area contributed by atoms with E-state index >= 15 is 0 Å². The number of hydrogen-bond acceptors (Lipinski definition) is 3. The molecule has 0 spiro atoms. The van der Waals surface area contributed by atoms with Crippen molar-refractivity contribution in [3.8, 4) is 0 Å². The molecule has 19 heavy (non-hydrogen) atoms. The molecule has 0 radical (unpaired) electrons. The van der Waals surface area contributed by atoms with E-state index in [0.717, 1.165) is 12.6 Å². The summed E-state index contributed by atoms with van der Waals surface area (Å²) in [7, 11) is 2.27. The first-order valence-electron chi connectivity index (χ1n) is 7.90. The molecule has 2 rings (SSSR count). The van der Waals surface area contributed by atoms with Crippen molar-refractivity contribution < 1.29 is 4.74 Å². The van der Waals surface area contributed by atoms with E-state index in [1.54, 1.807) is 0 Å². The summed E-state index contributed by atoms with van der Waals surface area (Å²) in [6.07, 6.45) is 6.88. The Hall–Kier alpha value is -0.120. The highest BCUT2D eigenvalue weighted by Gasteiger charge is 2.52. The van der Waals surface area contributed by atoms with Gasteiger partial charge in [-0.1, -0.05) is 19.3 Å². The first kappa shape index (κ1) is 15.3. The first-order chi connectivity index (χ1) is 8.74. The minimum atomic E-state index is -0.207. The van der Waals surface area contributed by atoms with Crippen LogP contribution in [0.5, 0.6) is 0 Å². The predicted octanol–water partition coefficient (Wildman–Crippen LogP) is 2.78. The van der Waals surface area contributed by atoms with Crippen molar-refractivity contribution in [1.82, 2.24) is 4.90 Å². The van der Waals surface area contributed by atoms with Gasteiger partial charge in [-0.05, 0) is 47.6 Å². The highest BCUT2D eigenvalue weighted by molar-refractivity contribution is 5.04. The van der Waals surface area contributed by atoms with Crippen LogP contribution in [0.25, 0.3) is 0 Å². The van der Waals surface area contributed by atoms with Crippen LogP contribution in [-0.2, 0) is 4.74 Å². The van der Waals surface area contributed by atoms with Gasteiger partial charge < -0.3 is 15.4 Å². The van der Waals surface area contributed by atoms with Gasteiger partial charge in [0.1, 0.15) is 0 Å². The minimum Gasteiger partial charge on any atom is -0.368 e. The van der Waals surface area contributed by atoms with Crippen LogP contribution in [0, 0.1) is 5.92 Å². The lowest BCUT2D eigenvalue weighted by molar-refractivity contribution is -0.0789. The highest BCUT2D eigenvalue weighted by Crippen LogP contribution is 2.41. The van der Waals surface area contributed by atoms with E-state index in [0.29, 0.717) is 5.92 Å². The molecule has 0 aromatic heterocycles. The molecule has 2 fully saturated rings. The number of ether oxygens (including phenoxy) is 1. The zero-order valence-corrected chi connectivity index (χ0v) is 13.4.